The number of nitrogens with one attached hydrogen (secondary N) is 1. The molecule has 1 aromatic rings. The van der Waals surface area contributed by atoms with E-state index in [9.17, 15) is 24.9 Å². The number of nitrogens with zero attached hydrogens (tertiary/aromatic N) is 2. The normalized spacial score (nSPS) is 21.4. The largest absolute Gasteiger partial charge is 0.459 e. The average molecular weight is 1050 g/mol. The van der Waals surface area contributed by atoms with E-state index in [4.69, 9.17) is 33.7 Å². The molecule has 1 aliphatic heterocycles. The van der Waals surface area contributed by atoms with Gasteiger partial charge in [-0.05, 0) is 94.9 Å². The van der Waals surface area contributed by atoms with Crippen molar-refractivity contribution >= 4 is 17.9 Å². The Labute approximate surface area is 453 Å². The second-order valence-corrected chi connectivity index (χ2v) is 22.3. The topological polar surface area (TPSA) is 178 Å². The molecule has 0 radical (unpaired) electrons. The summed E-state index contributed by atoms with van der Waals surface area (Å²) in [5, 5.41) is 37.7. The number of ether oxygens (including phenoxy) is 5. The van der Waals surface area contributed by atoms with Crippen molar-refractivity contribution in [2.45, 2.75) is 231 Å². The smallest absolute Gasteiger partial charge is 0.412 e. The molecule has 2 aliphatic carbocycles. The van der Waals surface area contributed by atoms with E-state index in [1.807, 2.05) is 32.9 Å². The SMILES string of the molecule is C=CCO[C@@]12Oc3ccc(OC(=O)NCCCCCCCCCCCC)cc3[C@H]3[C@H](CCCCO)[C@@H](CCCCO)C=C(C(=NOC(C)(C)C)C[C@@H]1N(CCOCCO)C(=O)OCCCCCCCCCCCC)[C@H]32. The number of carbonyl (C=O) groups is 2. The van der Waals surface area contributed by atoms with Crippen LogP contribution in [0.2, 0.25) is 0 Å². The van der Waals surface area contributed by atoms with E-state index < -0.39 is 35.5 Å². The highest BCUT2D eigenvalue weighted by molar-refractivity contribution is 6.03. The molecule has 4 rings (SSSR count). The summed E-state index contributed by atoms with van der Waals surface area (Å²) in [7, 11) is 0. The third-order valence-electron chi connectivity index (χ3n) is 15.1. The van der Waals surface area contributed by atoms with Crippen LogP contribution in [0.5, 0.6) is 11.5 Å². The van der Waals surface area contributed by atoms with Crippen molar-refractivity contribution < 1.29 is 53.4 Å². The van der Waals surface area contributed by atoms with E-state index in [1.54, 1.807) is 17.0 Å². The second kappa shape index (κ2) is 36.4. The molecule has 6 atom stereocenters. The Morgan fingerprint density at radius 3 is 2.00 bits per heavy atom. The Balaban J connectivity index is 1.75. The van der Waals surface area contributed by atoms with Crippen LogP contribution in [0.15, 0.2) is 47.7 Å². The second-order valence-electron chi connectivity index (χ2n) is 22.3. The van der Waals surface area contributed by atoms with Crippen LogP contribution in [-0.4, -0.2) is 115 Å². The highest BCUT2D eigenvalue weighted by Crippen LogP contribution is 2.62. The monoisotopic (exact) mass is 1050 g/mol. The molecule has 75 heavy (non-hydrogen) atoms. The molecule has 0 saturated heterocycles. The first-order valence-corrected chi connectivity index (χ1v) is 29.8. The number of aliphatic hydroxyl groups is 3. The number of oxime groups is 1. The summed E-state index contributed by atoms with van der Waals surface area (Å²) in [4.78, 5) is 36.2. The number of carbonyl (C=O) groups excluding carboxylic acids is 2. The molecule has 4 N–H and O–H groups in total. The molecule has 0 bridgehead atoms. The molecular weight excluding hydrogens is 951 g/mol. The maximum absolute atomic E-state index is 14.8. The summed E-state index contributed by atoms with van der Waals surface area (Å²) in [6.07, 6.45) is 31.2. The predicted octanol–water partition coefficient (Wildman–Crippen LogP) is 13.5. The van der Waals surface area contributed by atoms with Crippen molar-refractivity contribution in [3.05, 3.63) is 48.1 Å². The fourth-order valence-electron chi connectivity index (χ4n) is 11.4. The van der Waals surface area contributed by atoms with Crippen LogP contribution in [0.3, 0.4) is 0 Å². The van der Waals surface area contributed by atoms with E-state index in [0.29, 0.717) is 36.6 Å². The molecule has 14 nitrogen and oxygen atoms in total. The van der Waals surface area contributed by atoms with Crippen LogP contribution in [0.25, 0.3) is 0 Å². The van der Waals surface area contributed by atoms with Gasteiger partial charge >= 0.3 is 12.2 Å². The van der Waals surface area contributed by atoms with E-state index in [-0.39, 0.29) is 77.0 Å². The first-order chi connectivity index (χ1) is 36.5. The summed E-state index contributed by atoms with van der Waals surface area (Å²) in [5.74, 6) is -1.45. The van der Waals surface area contributed by atoms with Crippen molar-refractivity contribution in [2.24, 2.45) is 22.9 Å². The minimum atomic E-state index is -1.51. The minimum Gasteiger partial charge on any atom is -0.459 e. The lowest BCUT2D eigenvalue weighted by atomic mass is 9.55. The first kappa shape index (κ1) is 63.8. The maximum Gasteiger partial charge on any atom is 0.412 e. The van der Waals surface area contributed by atoms with Crippen molar-refractivity contribution in [1.29, 1.82) is 0 Å². The van der Waals surface area contributed by atoms with E-state index in [1.165, 1.54) is 89.9 Å². The van der Waals surface area contributed by atoms with Gasteiger partial charge in [0.2, 0.25) is 5.79 Å². The maximum atomic E-state index is 14.8. The van der Waals surface area contributed by atoms with Gasteiger partial charge in [-0.2, -0.15) is 0 Å². The van der Waals surface area contributed by atoms with Gasteiger partial charge in [-0.25, -0.2) is 9.59 Å². The van der Waals surface area contributed by atoms with Gasteiger partial charge < -0.3 is 49.2 Å². The number of fused-ring (bicyclic) bond motifs is 2. The molecule has 14 heteroatoms. The van der Waals surface area contributed by atoms with Gasteiger partial charge in [0.15, 0.2) is 0 Å². The Morgan fingerprint density at radius 2 is 1.40 bits per heavy atom. The molecule has 0 spiro atoms. The predicted molar refractivity (Wildman–Crippen MR) is 299 cm³/mol. The molecule has 2 amide bonds. The van der Waals surface area contributed by atoms with Crippen LogP contribution in [0.4, 0.5) is 9.59 Å². The van der Waals surface area contributed by atoms with Gasteiger partial charge in [0.05, 0.1) is 44.7 Å². The van der Waals surface area contributed by atoms with Crippen LogP contribution < -0.4 is 14.8 Å². The number of unbranched alkanes of at least 4 members (excludes halogenated alkanes) is 20. The molecule has 1 saturated carbocycles. The minimum absolute atomic E-state index is 0.0214. The van der Waals surface area contributed by atoms with Crippen LogP contribution >= 0.6 is 0 Å². The van der Waals surface area contributed by atoms with Gasteiger partial charge in [-0.3, -0.25) is 4.90 Å². The molecular formula is C61H103N3O11. The summed E-state index contributed by atoms with van der Waals surface area (Å²) in [6.45, 7) is 15.6. The van der Waals surface area contributed by atoms with Crippen molar-refractivity contribution in [1.82, 2.24) is 10.2 Å². The fraction of sp³-hybridized carbons (Fsp3) is 0.787. The van der Waals surface area contributed by atoms with Crippen LogP contribution in [0.1, 0.15) is 219 Å². The summed E-state index contributed by atoms with van der Waals surface area (Å²) in [5.41, 5.74) is 1.78. The average Bonchev–Trinajstić information content (AvgIpc) is 3.42. The van der Waals surface area contributed by atoms with Crippen molar-refractivity contribution in [2.75, 3.05) is 59.3 Å². The van der Waals surface area contributed by atoms with Gasteiger partial charge in [0.1, 0.15) is 23.1 Å². The molecule has 428 valence electrons. The highest BCUT2D eigenvalue weighted by atomic mass is 16.7. The van der Waals surface area contributed by atoms with Crippen LogP contribution in [-0.2, 0) is 19.0 Å². The summed E-state index contributed by atoms with van der Waals surface area (Å²) in [6, 6.07) is 4.72. The van der Waals surface area contributed by atoms with E-state index >= 15 is 0 Å². The van der Waals surface area contributed by atoms with Gasteiger partial charge in [0, 0.05) is 44.2 Å². The standard InChI is InChI=1S/C61H103N3O11/c1-7-10-12-14-16-18-20-22-24-28-36-62-58(68)73-49-34-35-54-52(46-49)56-50(33-27-30-39-66)48(32-26-29-38-65)45-51-53(63-75-60(4,5)6)47-55(61(74-54,57(51)56)72-41-9-3)64(37-43-70-44-40-67)59(69)71-42-31-25-23-21-19-17-15-13-11-8-2/h9,34-35,45-46,48,50,55-57,65-67H,3,7-8,10-33,36-44,47H2,1-2,4-6H3,(H,62,68)/t48-,50+,55-,56+,57+,61+/m0/s1. The zero-order valence-corrected chi connectivity index (χ0v) is 47.4. The number of hydrogen-bond acceptors (Lipinski definition) is 12. The Morgan fingerprint density at radius 1 is 0.787 bits per heavy atom. The first-order valence-electron chi connectivity index (χ1n) is 29.8. The summed E-state index contributed by atoms with van der Waals surface area (Å²) >= 11 is 0. The Bertz CT molecular complexity index is 1820. The number of hydrogen-bond donors (Lipinski definition) is 4. The lowest BCUT2D eigenvalue weighted by Crippen LogP contribution is -2.70. The number of aliphatic hydroxyl groups excluding tert-OH is 3. The van der Waals surface area contributed by atoms with Crippen LogP contribution in [0, 0.1) is 17.8 Å². The van der Waals surface area contributed by atoms with Crippen molar-refractivity contribution in [3.63, 3.8) is 0 Å². The lowest BCUT2D eigenvalue weighted by molar-refractivity contribution is -0.256. The third kappa shape index (κ3) is 21.6. The number of rotatable bonds is 41. The number of benzene rings is 1. The highest BCUT2D eigenvalue weighted by Gasteiger charge is 2.65. The Kier molecular flexibility index (Phi) is 31.0. The third-order valence-corrected chi connectivity index (χ3v) is 15.1. The van der Waals surface area contributed by atoms with Gasteiger partial charge in [-0.15, -0.1) is 6.58 Å². The number of amides is 2. The molecule has 1 fully saturated rings. The molecule has 1 heterocycles. The zero-order valence-electron chi connectivity index (χ0n) is 47.4. The molecule has 0 unspecified atom stereocenters. The number of allylic oxidation sites excluding steroid dienone is 1. The van der Waals surface area contributed by atoms with E-state index in [0.717, 1.165) is 75.3 Å². The quantitative estimate of drug-likeness (QED) is 0.0279. The lowest BCUT2D eigenvalue weighted by Gasteiger charge is -2.59. The Hall–Kier alpha value is -3.69. The van der Waals surface area contributed by atoms with E-state index in [2.05, 4.69) is 31.8 Å². The molecule has 0 aromatic heterocycles. The fourth-order valence-corrected chi connectivity index (χ4v) is 11.4. The van der Waals surface area contributed by atoms with Gasteiger partial charge in [0.25, 0.3) is 0 Å². The molecule has 1 aromatic carbocycles. The molecule has 3 aliphatic rings. The summed E-state index contributed by atoms with van der Waals surface area (Å²) < 4.78 is 32.6. The van der Waals surface area contributed by atoms with Crippen molar-refractivity contribution in [3.8, 4) is 11.5 Å². The van der Waals surface area contributed by atoms with Gasteiger partial charge in [-0.1, -0.05) is 160 Å². The zero-order chi connectivity index (χ0) is 54.2.